The van der Waals surface area contributed by atoms with Crippen LogP contribution in [-0.4, -0.2) is 5.78 Å². The van der Waals surface area contributed by atoms with Crippen LogP contribution in [0.4, 0.5) is 0 Å². The number of hydrogen-bond donors (Lipinski definition) is 0. The first kappa shape index (κ1) is 14.3. The van der Waals surface area contributed by atoms with Crippen LogP contribution in [0.5, 0.6) is 0 Å². The molecule has 3 rings (SSSR count). The summed E-state index contributed by atoms with van der Waals surface area (Å²) in [6, 6.07) is 12.2. The minimum Gasteiger partial charge on any atom is -0.289 e. The van der Waals surface area contributed by atoms with Crippen molar-refractivity contribution in [2.45, 2.75) is 26.7 Å². The molecule has 0 atom stereocenters. The summed E-state index contributed by atoms with van der Waals surface area (Å²) in [5.41, 5.74) is 6.46. The molecular formula is C19H17BrO. The van der Waals surface area contributed by atoms with Crippen LogP contribution in [0.25, 0.3) is 6.08 Å². The maximum atomic E-state index is 12.8. The smallest absolute Gasteiger partial charge is 0.189 e. The second-order valence-electron chi connectivity index (χ2n) is 5.63. The third-order valence-electron chi connectivity index (χ3n) is 4.03. The molecule has 2 heteroatoms. The molecule has 106 valence electrons. The fourth-order valence-corrected chi connectivity index (χ4v) is 3.39. The first-order valence-corrected chi connectivity index (χ1v) is 7.95. The van der Waals surface area contributed by atoms with Gasteiger partial charge < -0.3 is 0 Å². The van der Waals surface area contributed by atoms with Crippen molar-refractivity contribution in [1.82, 2.24) is 0 Å². The molecule has 2 aromatic rings. The number of fused-ring (bicyclic) bond motifs is 1. The lowest BCUT2D eigenvalue weighted by atomic mass is 9.83. The third kappa shape index (κ3) is 2.73. The Kier molecular flexibility index (Phi) is 3.81. The minimum absolute atomic E-state index is 0.179. The second kappa shape index (κ2) is 5.61. The Bertz CT molecular complexity index is 756. The molecule has 0 fully saturated rings. The summed E-state index contributed by atoms with van der Waals surface area (Å²) in [5, 5.41) is 0. The average Bonchev–Trinajstić information content (AvgIpc) is 2.44. The van der Waals surface area contributed by atoms with E-state index in [-0.39, 0.29) is 5.78 Å². The van der Waals surface area contributed by atoms with Crippen molar-refractivity contribution in [1.29, 1.82) is 0 Å². The van der Waals surface area contributed by atoms with Gasteiger partial charge in [0.05, 0.1) is 0 Å². The van der Waals surface area contributed by atoms with Crippen molar-refractivity contribution in [3.8, 4) is 0 Å². The number of aryl methyl sites for hydroxylation is 2. The van der Waals surface area contributed by atoms with Crippen molar-refractivity contribution < 1.29 is 4.79 Å². The van der Waals surface area contributed by atoms with Crippen molar-refractivity contribution >= 4 is 27.8 Å². The molecule has 0 aromatic heterocycles. The average molecular weight is 341 g/mol. The van der Waals surface area contributed by atoms with Gasteiger partial charge in [-0.1, -0.05) is 45.8 Å². The molecule has 21 heavy (non-hydrogen) atoms. The van der Waals surface area contributed by atoms with Crippen LogP contribution in [-0.2, 0) is 6.42 Å². The number of benzene rings is 2. The molecule has 0 unspecified atom stereocenters. The van der Waals surface area contributed by atoms with E-state index in [4.69, 9.17) is 0 Å². The van der Waals surface area contributed by atoms with E-state index in [1.165, 1.54) is 11.1 Å². The molecule has 0 N–H and O–H groups in total. The van der Waals surface area contributed by atoms with E-state index in [0.717, 1.165) is 39.6 Å². The van der Waals surface area contributed by atoms with Gasteiger partial charge in [-0.2, -0.15) is 0 Å². The first-order valence-electron chi connectivity index (χ1n) is 7.16. The third-order valence-corrected chi connectivity index (χ3v) is 4.76. The molecule has 1 aliphatic carbocycles. The lowest BCUT2D eigenvalue weighted by molar-refractivity contribution is 0.102. The number of rotatable bonds is 1. The van der Waals surface area contributed by atoms with Gasteiger partial charge in [0.1, 0.15) is 0 Å². The number of allylic oxidation sites excluding steroid dienone is 1. The van der Waals surface area contributed by atoms with Crippen LogP contribution in [0, 0.1) is 13.8 Å². The van der Waals surface area contributed by atoms with E-state index in [9.17, 15) is 4.79 Å². The topological polar surface area (TPSA) is 17.1 Å². The molecule has 0 saturated heterocycles. The zero-order valence-corrected chi connectivity index (χ0v) is 13.8. The lowest BCUT2D eigenvalue weighted by Crippen LogP contribution is -2.15. The van der Waals surface area contributed by atoms with Gasteiger partial charge in [0.15, 0.2) is 5.78 Å². The van der Waals surface area contributed by atoms with Gasteiger partial charge in [-0.25, -0.2) is 0 Å². The lowest BCUT2D eigenvalue weighted by Gasteiger charge is -2.20. The molecule has 0 aliphatic heterocycles. The van der Waals surface area contributed by atoms with Crippen molar-refractivity contribution in [3.63, 3.8) is 0 Å². The standard InChI is InChI=1S/C19H17BrO/c1-12-9-13(2)16-8-7-15(19(21)17(16)10-12)11-14-5-3-4-6-18(14)20/h3-6,9-11H,7-8H2,1-2H3/b15-11+. The van der Waals surface area contributed by atoms with Crippen LogP contribution >= 0.6 is 15.9 Å². The Hall–Kier alpha value is -1.67. The van der Waals surface area contributed by atoms with E-state index in [1.807, 2.05) is 43.3 Å². The van der Waals surface area contributed by atoms with E-state index < -0.39 is 0 Å². The number of carbonyl (C=O) groups is 1. The number of ketones is 1. The second-order valence-corrected chi connectivity index (χ2v) is 6.48. The Morgan fingerprint density at radius 1 is 1.10 bits per heavy atom. The van der Waals surface area contributed by atoms with Gasteiger partial charge in [0.2, 0.25) is 0 Å². The Balaban J connectivity index is 2.05. The quantitative estimate of drug-likeness (QED) is 0.645. The van der Waals surface area contributed by atoms with Gasteiger partial charge in [0.25, 0.3) is 0 Å². The van der Waals surface area contributed by atoms with E-state index in [2.05, 4.69) is 28.9 Å². The molecule has 0 heterocycles. The van der Waals surface area contributed by atoms with Crippen LogP contribution < -0.4 is 0 Å². The van der Waals surface area contributed by atoms with E-state index in [1.54, 1.807) is 0 Å². The fraction of sp³-hybridized carbons (Fsp3) is 0.211. The maximum absolute atomic E-state index is 12.8. The van der Waals surface area contributed by atoms with Gasteiger partial charge in [0, 0.05) is 15.6 Å². The molecule has 0 radical (unpaired) electrons. The van der Waals surface area contributed by atoms with Gasteiger partial charge in [-0.3, -0.25) is 4.79 Å². The summed E-state index contributed by atoms with van der Waals surface area (Å²) in [5.74, 6) is 0.179. The predicted octanol–water partition coefficient (Wildman–Crippen LogP) is 5.28. The molecular weight excluding hydrogens is 324 g/mol. The van der Waals surface area contributed by atoms with Crippen molar-refractivity contribution in [2.75, 3.05) is 0 Å². The fourth-order valence-electron chi connectivity index (χ4n) is 3.00. The summed E-state index contributed by atoms with van der Waals surface area (Å²) >= 11 is 3.54. The zero-order valence-electron chi connectivity index (χ0n) is 12.2. The van der Waals surface area contributed by atoms with Crippen LogP contribution in [0.2, 0.25) is 0 Å². The summed E-state index contributed by atoms with van der Waals surface area (Å²) in [6.45, 7) is 4.15. The van der Waals surface area contributed by atoms with Gasteiger partial charge in [-0.15, -0.1) is 0 Å². The number of Topliss-reactive ketones (excluding diaryl/α,β-unsaturated/α-hetero) is 1. The summed E-state index contributed by atoms with van der Waals surface area (Å²) < 4.78 is 1.02. The highest BCUT2D eigenvalue weighted by atomic mass is 79.9. The predicted molar refractivity (Wildman–Crippen MR) is 90.7 cm³/mol. The zero-order chi connectivity index (χ0) is 15.0. The van der Waals surface area contributed by atoms with Crippen LogP contribution in [0.3, 0.4) is 0 Å². The molecule has 0 spiro atoms. The Morgan fingerprint density at radius 3 is 2.62 bits per heavy atom. The number of carbonyl (C=O) groups excluding carboxylic acids is 1. The highest BCUT2D eigenvalue weighted by Crippen LogP contribution is 2.30. The molecule has 1 nitrogen and oxygen atoms in total. The monoisotopic (exact) mass is 340 g/mol. The number of hydrogen-bond acceptors (Lipinski definition) is 1. The van der Waals surface area contributed by atoms with Crippen molar-refractivity contribution in [3.05, 3.63) is 74.3 Å². The SMILES string of the molecule is Cc1cc(C)c2c(c1)C(=O)/C(=C/c1ccccc1Br)CC2. The largest absolute Gasteiger partial charge is 0.289 e. The summed E-state index contributed by atoms with van der Waals surface area (Å²) in [6.07, 6.45) is 3.79. The van der Waals surface area contributed by atoms with Gasteiger partial charge >= 0.3 is 0 Å². The molecule has 0 amide bonds. The molecule has 0 bridgehead atoms. The summed E-state index contributed by atoms with van der Waals surface area (Å²) in [4.78, 5) is 12.8. The highest BCUT2D eigenvalue weighted by molar-refractivity contribution is 9.10. The molecule has 0 saturated carbocycles. The highest BCUT2D eigenvalue weighted by Gasteiger charge is 2.23. The first-order chi connectivity index (χ1) is 10.1. The molecule has 1 aliphatic rings. The van der Waals surface area contributed by atoms with E-state index >= 15 is 0 Å². The Labute approximate surface area is 133 Å². The van der Waals surface area contributed by atoms with Crippen LogP contribution in [0.15, 0.2) is 46.4 Å². The normalized spacial score (nSPS) is 16.1. The van der Waals surface area contributed by atoms with Crippen LogP contribution in [0.1, 0.15) is 39.0 Å². The Morgan fingerprint density at radius 2 is 1.86 bits per heavy atom. The molecule has 2 aromatic carbocycles. The van der Waals surface area contributed by atoms with Gasteiger partial charge in [-0.05, 0) is 61.6 Å². The maximum Gasteiger partial charge on any atom is 0.189 e. The van der Waals surface area contributed by atoms with E-state index in [0.29, 0.717) is 0 Å². The van der Waals surface area contributed by atoms with Crippen molar-refractivity contribution in [2.24, 2.45) is 0 Å². The summed E-state index contributed by atoms with van der Waals surface area (Å²) in [7, 11) is 0. The number of halogens is 1. The minimum atomic E-state index is 0.179.